The molecule has 0 saturated carbocycles. The van der Waals surface area contributed by atoms with Gasteiger partial charge in [0.1, 0.15) is 5.75 Å². The Bertz CT molecular complexity index is 363. The minimum Gasteiger partial charge on any atom is -0.493 e. The molecule has 1 aromatic carbocycles. The van der Waals surface area contributed by atoms with Crippen LogP contribution in [0.1, 0.15) is 17.5 Å². The molecule has 1 aromatic rings. The quantitative estimate of drug-likeness (QED) is 0.774. The van der Waals surface area contributed by atoms with E-state index in [1.54, 1.807) is 0 Å². The van der Waals surface area contributed by atoms with Crippen molar-refractivity contribution in [3.8, 4) is 5.75 Å². The van der Waals surface area contributed by atoms with Gasteiger partial charge in [0.25, 0.3) is 0 Å². The second kappa shape index (κ2) is 6.12. The van der Waals surface area contributed by atoms with Crippen LogP contribution in [0.5, 0.6) is 5.75 Å². The van der Waals surface area contributed by atoms with Crippen LogP contribution in [-0.2, 0) is 9.63 Å². The van der Waals surface area contributed by atoms with Crippen molar-refractivity contribution >= 4 is 5.91 Å². The molecule has 1 amide bonds. The number of hydroxylamine groups is 1. The summed E-state index contributed by atoms with van der Waals surface area (Å²) in [5.74, 6) is 0.637. The first-order chi connectivity index (χ1) is 7.63. The minimum absolute atomic E-state index is 0.187. The topological polar surface area (TPSA) is 47.6 Å². The van der Waals surface area contributed by atoms with Gasteiger partial charge in [0.2, 0.25) is 5.91 Å². The molecule has 0 aliphatic carbocycles. The van der Waals surface area contributed by atoms with Gasteiger partial charge in [-0.25, -0.2) is 5.48 Å². The van der Waals surface area contributed by atoms with Gasteiger partial charge < -0.3 is 4.74 Å². The summed E-state index contributed by atoms with van der Waals surface area (Å²) in [5.41, 5.74) is 4.45. The number of benzene rings is 1. The third kappa shape index (κ3) is 3.90. The standard InChI is InChI=1S/C12H17NO3/c1-9-4-5-10(2)11(8-9)16-7-6-12(14)13-15-3/h4-5,8H,6-7H2,1-3H3,(H,13,14). The third-order valence-corrected chi connectivity index (χ3v) is 2.15. The Kier molecular flexibility index (Phi) is 4.79. The maximum atomic E-state index is 11.1. The van der Waals surface area contributed by atoms with Gasteiger partial charge in [-0.15, -0.1) is 0 Å². The molecule has 16 heavy (non-hydrogen) atoms. The molecule has 4 nitrogen and oxygen atoms in total. The van der Waals surface area contributed by atoms with Gasteiger partial charge in [0, 0.05) is 0 Å². The predicted molar refractivity (Wildman–Crippen MR) is 61.2 cm³/mol. The lowest BCUT2D eigenvalue weighted by Crippen LogP contribution is -2.23. The summed E-state index contributed by atoms with van der Waals surface area (Å²) >= 11 is 0. The second-order valence-electron chi connectivity index (χ2n) is 3.60. The Labute approximate surface area is 95.5 Å². The highest BCUT2D eigenvalue weighted by Gasteiger charge is 2.03. The fraction of sp³-hybridized carbons (Fsp3) is 0.417. The highest BCUT2D eigenvalue weighted by molar-refractivity contribution is 5.74. The lowest BCUT2D eigenvalue weighted by molar-refractivity contribution is -0.131. The molecule has 1 rings (SSSR count). The number of carbonyl (C=O) groups excluding carboxylic acids is 1. The SMILES string of the molecule is CONC(=O)CCOc1cc(C)ccc1C. The van der Waals surface area contributed by atoms with Crippen LogP contribution in [0, 0.1) is 13.8 Å². The van der Waals surface area contributed by atoms with E-state index in [1.807, 2.05) is 32.0 Å². The van der Waals surface area contributed by atoms with Gasteiger partial charge in [0.05, 0.1) is 20.1 Å². The number of ether oxygens (including phenoxy) is 1. The van der Waals surface area contributed by atoms with Crippen LogP contribution in [0.15, 0.2) is 18.2 Å². The van der Waals surface area contributed by atoms with Crippen molar-refractivity contribution in [2.45, 2.75) is 20.3 Å². The number of hydrogen-bond acceptors (Lipinski definition) is 3. The van der Waals surface area contributed by atoms with Gasteiger partial charge in [0.15, 0.2) is 0 Å². The van der Waals surface area contributed by atoms with E-state index in [0.29, 0.717) is 6.61 Å². The number of rotatable bonds is 5. The van der Waals surface area contributed by atoms with Crippen molar-refractivity contribution < 1.29 is 14.4 Å². The van der Waals surface area contributed by atoms with Crippen molar-refractivity contribution in [2.24, 2.45) is 0 Å². The van der Waals surface area contributed by atoms with Gasteiger partial charge in [-0.2, -0.15) is 0 Å². The summed E-state index contributed by atoms with van der Waals surface area (Å²) in [6, 6.07) is 5.99. The van der Waals surface area contributed by atoms with Crippen LogP contribution in [0.25, 0.3) is 0 Å². The lowest BCUT2D eigenvalue weighted by atomic mass is 10.1. The van der Waals surface area contributed by atoms with Crippen molar-refractivity contribution in [1.82, 2.24) is 5.48 Å². The Morgan fingerprint density at radius 2 is 2.12 bits per heavy atom. The molecule has 0 aliphatic heterocycles. The fourth-order valence-electron chi connectivity index (χ4n) is 1.28. The van der Waals surface area contributed by atoms with E-state index in [0.717, 1.165) is 16.9 Å². The van der Waals surface area contributed by atoms with Crippen LogP contribution >= 0.6 is 0 Å². The molecule has 0 aromatic heterocycles. The zero-order chi connectivity index (χ0) is 12.0. The summed E-state index contributed by atoms with van der Waals surface area (Å²) in [6.07, 6.45) is 0.279. The van der Waals surface area contributed by atoms with Crippen LogP contribution in [0.3, 0.4) is 0 Å². The molecule has 0 aliphatic rings. The fourth-order valence-corrected chi connectivity index (χ4v) is 1.28. The maximum Gasteiger partial charge on any atom is 0.246 e. The van der Waals surface area contributed by atoms with E-state index in [1.165, 1.54) is 7.11 Å². The van der Waals surface area contributed by atoms with Crippen LogP contribution in [-0.4, -0.2) is 19.6 Å². The average Bonchev–Trinajstić information content (AvgIpc) is 2.23. The summed E-state index contributed by atoms with van der Waals surface area (Å²) in [5, 5.41) is 0. The molecule has 0 radical (unpaired) electrons. The van der Waals surface area contributed by atoms with Crippen molar-refractivity contribution in [2.75, 3.05) is 13.7 Å². The van der Waals surface area contributed by atoms with Gasteiger partial charge in [-0.1, -0.05) is 12.1 Å². The molecule has 88 valence electrons. The molecule has 0 bridgehead atoms. The molecule has 0 spiro atoms. The number of amides is 1. The number of nitrogens with one attached hydrogen (secondary N) is 1. The largest absolute Gasteiger partial charge is 0.493 e. The second-order valence-corrected chi connectivity index (χ2v) is 3.60. The van der Waals surface area contributed by atoms with Crippen LogP contribution in [0.4, 0.5) is 0 Å². The Hall–Kier alpha value is -1.55. The van der Waals surface area contributed by atoms with Crippen molar-refractivity contribution in [1.29, 1.82) is 0 Å². The summed E-state index contributed by atoms with van der Waals surface area (Å²) in [6.45, 7) is 4.33. The molecule has 0 saturated heterocycles. The van der Waals surface area contributed by atoms with Gasteiger partial charge in [-0.3, -0.25) is 9.63 Å². The normalized spacial score (nSPS) is 9.94. The van der Waals surface area contributed by atoms with E-state index in [4.69, 9.17) is 4.74 Å². The molecule has 1 N–H and O–H groups in total. The third-order valence-electron chi connectivity index (χ3n) is 2.15. The first kappa shape index (κ1) is 12.5. The van der Waals surface area contributed by atoms with Crippen molar-refractivity contribution in [3.63, 3.8) is 0 Å². The monoisotopic (exact) mass is 223 g/mol. The zero-order valence-electron chi connectivity index (χ0n) is 9.87. The summed E-state index contributed by atoms with van der Waals surface area (Å²) in [4.78, 5) is 15.6. The molecular formula is C12H17NO3. The Balaban J connectivity index is 2.42. The Morgan fingerprint density at radius 3 is 2.81 bits per heavy atom. The first-order valence-corrected chi connectivity index (χ1v) is 5.15. The molecule has 0 heterocycles. The van der Waals surface area contributed by atoms with E-state index in [-0.39, 0.29) is 12.3 Å². The Morgan fingerprint density at radius 1 is 1.38 bits per heavy atom. The maximum absolute atomic E-state index is 11.1. The predicted octanol–water partition coefficient (Wildman–Crippen LogP) is 1.75. The molecule has 0 atom stereocenters. The van der Waals surface area contributed by atoms with E-state index in [9.17, 15) is 4.79 Å². The highest BCUT2D eigenvalue weighted by Crippen LogP contribution is 2.18. The molecular weight excluding hydrogens is 206 g/mol. The van der Waals surface area contributed by atoms with Crippen LogP contribution in [0.2, 0.25) is 0 Å². The first-order valence-electron chi connectivity index (χ1n) is 5.15. The highest BCUT2D eigenvalue weighted by atomic mass is 16.6. The average molecular weight is 223 g/mol. The molecule has 0 unspecified atom stereocenters. The van der Waals surface area contributed by atoms with E-state index in [2.05, 4.69) is 10.3 Å². The number of aryl methyl sites for hydroxylation is 2. The molecule has 0 fully saturated rings. The van der Waals surface area contributed by atoms with E-state index < -0.39 is 0 Å². The minimum atomic E-state index is -0.187. The number of carbonyl (C=O) groups is 1. The number of hydrogen-bond donors (Lipinski definition) is 1. The van der Waals surface area contributed by atoms with Crippen LogP contribution < -0.4 is 10.2 Å². The zero-order valence-corrected chi connectivity index (χ0v) is 9.87. The summed E-state index contributed by atoms with van der Waals surface area (Å²) < 4.78 is 5.52. The van der Waals surface area contributed by atoms with Gasteiger partial charge >= 0.3 is 0 Å². The lowest BCUT2D eigenvalue weighted by Gasteiger charge is -2.09. The van der Waals surface area contributed by atoms with Gasteiger partial charge in [-0.05, 0) is 31.0 Å². The molecule has 4 heteroatoms. The van der Waals surface area contributed by atoms with E-state index >= 15 is 0 Å². The smallest absolute Gasteiger partial charge is 0.246 e. The summed E-state index contributed by atoms with van der Waals surface area (Å²) in [7, 11) is 1.41. The van der Waals surface area contributed by atoms with Crippen molar-refractivity contribution in [3.05, 3.63) is 29.3 Å².